The summed E-state index contributed by atoms with van der Waals surface area (Å²) < 4.78 is 2.23. The zero-order valence-corrected chi connectivity index (χ0v) is 14.8. The smallest absolute Gasteiger partial charge is 0.195 e. The number of aryl methyl sites for hydroxylation is 2. The van der Waals surface area contributed by atoms with Gasteiger partial charge in [0.05, 0.1) is 11.1 Å². The number of carbonyl (C=O) groups is 1. The van der Waals surface area contributed by atoms with Gasteiger partial charge in [-0.3, -0.25) is 4.79 Å². The molecule has 0 spiro atoms. The first-order valence-electron chi connectivity index (χ1n) is 8.84. The van der Waals surface area contributed by atoms with Gasteiger partial charge in [0.25, 0.3) is 0 Å². The fourth-order valence-corrected chi connectivity index (χ4v) is 3.52. The second kappa shape index (κ2) is 7.04. The monoisotopic (exact) mass is 319 g/mol. The summed E-state index contributed by atoms with van der Waals surface area (Å²) in [6, 6.07) is 13.8. The molecule has 2 heterocycles. The van der Waals surface area contributed by atoms with E-state index < -0.39 is 0 Å². The van der Waals surface area contributed by atoms with Crippen LogP contribution in [0.3, 0.4) is 0 Å². The van der Waals surface area contributed by atoms with Crippen molar-refractivity contribution in [3.8, 4) is 0 Å². The number of carbonyl (C=O) groups excluding carboxylic acids is 1. The van der Waals surface area contributed by atoms with Crippen LogP contribution in [0, 0.1) is 13.8 Å². The lowest BCUT2D eigenvalue weighted by Crippen LogP contribution is -2.03. The van der Waals surface area contributed by atoms with Gasteiger partial charge in [0.2, 0.25) is 0 Å². The number of rotatable bonds is 6. The van der Waals surface area contributed by atoms with Gasteiger partial charge in [0.1, 0.15) is 0 Å². The molecule has 2 nitrogen and oxygen atoms in total. The van der Waals surface area contributed by atoms with E-state index in [0.717, 1.165) is 40.6 Å². The highest BCUT2D eigenvalue weighted by Gasteiger charge is 2.22. The quantitative estimate of drug-likeness (QED) is 0.433. The summed E-state index contributed by atoms with van der Waals surface area (Å²) in [6.07, 6.45) is 6.71. The molecule has 0 bridgehead atoms. The number of pyridine rings is 1. The van der Waals surface area contributed by atoms with Gasteiger partial charge >= 0.3 is 0 Å². The standard InChI is InChI=1S/C22H25NO/c1-4-5-7-14-19-17(3)20(21-16(2)11-10-15-23(19)21)22(24)18-12-8-6-9-13-18/h6,8-13,15H,4-5,7,14H2,1-3H3. The number of benzene rings is 1. The molecule has 0 saturated heterocycles. The fraction of sp³-hybridized carbons (Fsp3) is 0.318. The van der Waals surface area contributed by atoms with Gasteiger partial charge in [0.15, 0.2) is 5.78 Å². The Balaban J connectivity index is 2.17. The van der Waals surface area contributed by atoms with Crippen molar-refractivity contribution in [1.82, 2.24) is 4.40 Å². The van der Waals surface area contributed by atoms with E-state index in [4.69, 9.17) is 0 Å². The van der Waals surface area contributed by atoms with Crippen molar-refractivity contribution in [3.05, 3.63) is 76.6 Å². The molecule has 1 aromatic carbocycles. The zero-order chi connectivity index (χ0) is 17.1. The molecule has 0 unspecified atom stereocenters. The van der Waals surface area contributed by atoms with Crippen LogP contribution in [0.4, 0.5) is 0 Å². The molecular formula is C22H25NO. The molecule has 0 fully saturated rings. The first-order valence-corrected chi connectivity index (χ1v) is 8.84. The van der Waals surface area contributed by atoms with Crippen molar-refractivity contribution in [2.45, 2.75) is 46.5 Å². The number of aromatic nitrogens is 1. The molecule has 0 amide bonds. The number of hydrogen-bond donors (Lipinski definition) is 0. The van der Waals surface area contributed by atoms with Crippen molar-refractivity contribution in [2.24, 2.45) is 0 Å². The van der Waals surface area contributed by atoms with E-state index in [1.165, 1.54) is 18.5 Å². The molecule has 2 aromatic heterocycles. The molecule has 0 aliphatic heterocycles. The third kappa shape index (κ3) is 2.89. The van der Waals surface area contributed by atoms with Gasteiger partial charge in [-0.2, -0.15) is 0 Å². The van der Waals surface area contributed by atoms with Crippen LogP contribution in [-0.2, 0) is 6.42 Å². The van der Waals surface area contributed by atoms with Crippen LogP contribution in [0.25, 0.3) is 5.52 Å². The zero-order valence-electron chi connectivity index (χ0n) is 14.8. The molecule has 0 saturated carbocycles. The van der Waals surface area contributed by atoms with Crippen molar-refractivity contribution in [1.29, 1.82) is 0 Å². The lowest BCUT2D eigenvalue weighted by Gasteiger charge is -2.05. The van der Waals surface area contributed by atoms with Gasteiger partial charge in [0, 0.05) is 17.5 Å². The number of nitrogens with zero attached hydrogens (tertiary/aromatic N) is 1. The summed E-state index contributed by atoms with van der Waals surface area (Å²) in [7, 11) is 0. The number of unbranched alkanes of at least 4 members (excludes halogenated alkanes) is 2. The Morgan fingerprint density at radius 2 is 1.75 bits per heavy atom. The molecule has 0 aliphatic rings. The van der Waals surface area contributed by atoms with Crippen molar-refractivity contribution >= 4 is 11.3 Å². The van der Waals surface area contributed by atoms with E-state index in [1.807, 2.05) is 30.3 Å². The maximum Gasteiger partial charge on any atom is 0.195 e. The molecular weight excluding hydrogens is 294 g/mol. The SMILES string of the molecule is CCCCCc1c(C)c(C(=O)c2ccccc2)c2c(C)cccn12. The Hall–Kier alpha value is -2.35. The van der Waals surface area contributed by atoms with Crippen LogP contribution in [0.2, 0.25) is 0 Å². The van der Waals surface area contributed by atoms with Crippen LogP contribution in [0.5, 0.6) is 0 Å². The molecule has 3 rings (SSSR count). The van der Waals surface area contributed by atoms with Gasteiger partial charge in [-0.1, -0.05) is 56.2 Å². The number of hydrogen-bond acceptors (Lipinski definition) is 1. The van der Waals surface area contributed by atoms with E-state index in [9.17, 15) is 4.79 Å². The van der Waals surface area contributed by atoms with Crippen LogP contribution in [-0.4, -0.2) is 10.2 Å². The fourth-order valence-electron chi connectivity index (χ4n) is 3.52. The Labute approximate surface area is 144 Å². The second-order valence-corrected chi connectivity index (χ2v) is 6.51. The summed E-state index contributed by atoms with van der Waals surface area (Å²) in [5.41, 5.74) is 6.26. The molecule has 0 radical (unpaired) electrons. The third-order valence-corrected chi connectivity index (χ3v) is 4.81. The average Bonchev–Trinajstić information content (AvgIpc) is 2.89. The van der Waals surface area contributed by atoms with E-state index in [1.54, 1.807) is 0 Å². The highest BCUT2D eigenvalue weighted by Crippen LogP contribution is 2.29. The third-order valence-electron chi connectivity index (χ3n) is 4.81. The van der Waals surface area contributed by atoms with Gasteiger partial charge in [-0.15, -0.1) is 0 Å². The number of ketones is 1. The van der Waals surface area contributed by atoms with Gasteiger partial charge in [-0.25, -0.2) is 0 Å². The van der Waals surface area contributed by atoms with E-state index in [0.29, 0.717) is 0 Å². The highest BCUT2D eigenvalue weighted by molar-refractivity contribution is 6.15. The lowest BCUT2D eigenvalue weighted by molar-refractivity contribution is 0.103. The predicted octanol–water partition coefficient (Wildman–Crippen LogP) is 5.52. The minimum absolute atomic E-state index is 0.127. The van der Waals surface area contributed by atoms with Crippen LogP contribution >= 0.6 is 0 Å². The van der Waals surface area contributed by atoms with E-state index in [2.05, 4.69) is 43.5 Å². The predicted molar refractivity (Wildman–Crippen MR) is 100.0 cm³/mol. The van der Waals surface area contributed by atoms with Crippen LogP contribution in [0.1, 0.15) is 58.9 Å². The molecule has 0 atom stereocenters. The average molecular weight is 319 g/mol. The lowest BCUT2D eigenvalue weighted by atomic mass is 9.98. The normalized spacial score (nSPS) is 11.1. The molecule has 3 aromatic rings. The number of fused-ring (bicyclic) bond motifs is 1. The summed E-state index contributed by atoms with van der Waals surface area (Å²) in [6.45, 7) is 6.41. The van der Waals surface area contributed by atoms with Crippen LogP contribution < -0.4 is 0 Å². The Kier molecular flexibility index (Phi) is 4.84. The Morgan fingerprint density at radius 1 is 1.00 bits per heavy atom. The summed E-state index contributed by atoms with van der Waals surface area (Å²) in [5.74, 6) is 0.127. The first-order chi connectivity index (χ1) is 11.6. The first kappa shape index (κ1) is 16.5. The van der Waals surface area contributed by atoms with Crippen molar-refractivity contribution in [3.63, 3.8) is 0 Å². The van der Waals surface area contributed by atoms with E-state index in [-0.39, 0.29) is 5.78 Å². The second-order valence-electron chi connectivity index (χ2n) is 6.51. The van der Waals surface area contributed by atoms with Crippen LogP contribution in [0.15, 0.2) is 48.7 Å². The van der Waals surface area contributed by atoms with Gasteiger partial charge in [-0.05, 0) is 43.9 Å². The topological polar surface area (TPSA) is 21.5 Å². The van der Waals surface area contributed by atoms with Gasteiger partial charge < -0.3 is 4.40 Å². The largest absolute Gasteiger partial charge is 0.320 e. The molecule has 124 valence electrons. The summed E-state index contributed by atoms with van der Waals surface area (Å²) in [4.78, 5) is 13.2. The molecule has 0 N–H and O–H groups in total. The molecule has 24 heavy (non-hydrogen) atoms. The minimum atomic E-state index is 0.127. The molecule has 2 heteroatoms. The maximum atomic E-state index is 13.2. The highest BCUT2D eigenvalue weighted by atomic mass is 16.1. The Bertz CT molecular complexity index is 859. The van der Waals surface area contributed by atoms with E-state index >= 15 is 0 Å². The maximum absolute atomic E-state index is 13.2. The van der Waals surface area contributed by atoms with Crippen molar-refractivity contribution < 1.29 is 4.79 Å². The van der Waals surface area contributed by atoms with Crippen molar-refractivity contribution in [2.75, 3.05) is 0 Å². The molecule has 0 aliphatic carbocycles. The summed E-state index contributed by atoms with van der Waals surface area (Å²) >= 11 is 0. The summed E-state index contributed by atoms with van der Waals surface area (Å²) in [5, 5.41) is 0. The Morgan fingerprint density at radius 3 is 2.46 bits per heavy atom. The minimum Gasteiger partial charge on any atom is -0.320 e.